The van der Waals surface area contributed by atoms with E-state index in [1.807, 2.05) is 62.4 Å². The van der Waals surface area contributed by atoms with Crippen LogP contribution in [-0.2, 0) is 13.0 Å². The molecule has 3 rings (SSSR count). The van der Waals surface area contributed by atoms with Crippen molar-refractivity contribution in [2.45, 2.75) is 33.8 Å². The Bertz CT molecular complexity index is 901. The zero-order valence-electron chi connectivity index (χ0n) is 15.2. The first-order valence-corrected chi connectivity index (χ1v) is 8.62. The van der Waals surface area contributed by atoms with Crippen molar-refractivity contribution in [1.29, 1.82) is 0 Å². The van der Waals surface area contributed by atoms with Crippen molar-refractivity contribution < 1.29 is 14.1 Å². The number of aryl methyl sites for hydroxylation is 3. The summed E-state index contributed by atoms with van der Waals surface area (Å²) in [5.74, 6) is 0.904. The Morgan fingerprint density at radius 3 is 2.65 bits per heavy atom. The third kappa shape index (κ3) is 3.94. The van der Waals surface area contributed by atoms with Gasteiger partial charge in [-0.05, 0) is 43.5 Å². The lowest BCUT2D eigenvalue weighted by molar-refractivity contribution is 0.102. The molecule has 5 nitrogen and oxygen atoms in total. The maximum atomic E-state index is 12.7. The Balaban J connectivity index is 1.81. The summed E-state index contributed by atoms with van der Waals surface area (Å²) < 4.78 is 11.1. The molecule has 5 heteroatoms. The molecule has 0 saturated carbocycles. The van der Waals surface area contributed by atoms with E-state index >= 15 is 0 Å². The van der Waals surface area contributed by atoms with Gasteiger partial charge in [0.25, 0.3) is 5.91 Å². The molecule has 0 aliphatic carbocycles. The van der Waals surface area contributed by atoms with Gasteiger partial charge in [0.05, 0.1) is 11.4 Å². The number of carbonyl (C=O) groups is 1. The predicted molar refractivity (Wildman–Crippen MR) is 101 cm³/mol. The molecule has 0 bridgehead atoms. The van der Waals surface area contributed by atoms with E-state index in [2.05, 4.69) is 10.5 Å². The van der Waals surface area contributed by atoms with Gasteiger partial charge in [0, 0.05) is 0 Å². The summed E-state index contributed by atoms with van der Waals surface area (Å²) in [4.78, 5) is 12.7. The number of amides is 1. The van der Waals surface area contributed by atoms with Crippen molar-refractivity contribution in [1.82, 2.24) is 5.16 Å². The highest BCUT2D eigenvalue weighted by atomic mass is 16.5. The highest BCUT2D eigenvalue weighted by molar-refractivity contribution is 6.06. The number of carbonyl (C=O) groups excluding carboxylic acids is 1. The van der Waals surface area contributed by atoms with Crippen molar-refractivity contribution in [3.05, 3.63) is 76.7 Å². The van der Waals surface area contributed by atoms with Gasteiger partial charge < -0.3 is 14.6 Å². The average Bonchev–Trinajstić information content (AvgIpc) is 3.03. The van der Waals surface area contributed by atoms with Crippen molar-refractivity contribution in [2.75, 3.05) is 5.32 Å². The fourth-order valence-electron chi connectivity index (χ4n) is 2.72. The van der Waals surface area contributed by atoms with Crippen LogP contribution in [0.3, 0.4) is 0 Å². The minimum absolute atomic E-state index is 0.242. The Labute approximate surface area is 153 Å². The second-order valence-electron chi connectivity index (χ2n) is 6.14. The lowest BCUT2D eigenvalue weighted by Crippen LogP contribution is -2.15. The summed E-state index contributed by atoms with van der Waals surface area (Å²) >= 11 is 0. The largest absolute Gasteiger partial charge is 0.487 e. The van der Waals surface area contributed by atoms with Crippen LogP contribution >= 0.6 is 0 Å². The molecule has 0 radical (unpaired) electrons. The molecule has 1 heterocycles. The van der Waals surface area contributed by atoms with Crippen molar-refractivity contribution in [3.63, 3.8) is 0 Å². The second kappa shape index (κ2) is 7.87. The number of ether oxygens (including phenoxy) is 1. The first-order valence-electron chi connectivity index (χ1n) is 8.62. The Kier molecular flexibility index (Phi) is 5.37. The number of hydrogen-bond acceptors (Lipinski definition) is 4. The normalized spacial score (nSPS) is 10.6. The van der Waals surface area contributed by atoms with Gasteiger partial charge >= 0.3 is 0 Å². The molecule has 0 unspecified atom stereocenters. The molecule has 0 fully saturated rings. The molecule has 0 aliphatic heterocycles. The van der Waals surface area contributed by atoms with Gasteiger partial charge in [0.2, 0.25) is 0 Å². The summed E-state index contributed by atoms with van der Waals surface area (Å²) in [6.45, 7) is 6.09. The second-order valence-corrected chi connectivity index (χ2v) is 6.14. The molecule has 0 saturated heterocycles. The summed E-state index contributed by atoms with van der Waals surface area (Å²) in [6, 6.07) is 15.6. The van der Waals surface area contributed by atoms with Gasteiger partial charge in [-0.2, -0.15) is 0 Å². The van der Waals surface area contributed by atoms with Crippen LogP contribution in [0.4, 0.5) is 5.69 Å². The maximum Gasteiger partial charge on any atom is 0.261 e. The first kappa shape index (κ1) is 17.7. The van der Waals surface area contributed by atoms with E-state index in [0.717, 1.165) is 11.1 Å². The number of benzene rings is 2. The van der Waals surface area contributed by atoms with Crippen LogP contribution in [0.5, 0.6) is 5.75 Å². The van der Waals surface area contributed by atoms with E-state index in [1.54, 1.807) is 6.92 Å². The summed E-state index contributed by atoms with van der Waals surface area (Å²) in [5.41, 5.74) is 3.89. The molecule has 1 aromatic heterocycles. The summed E-state index contributed by atoms with van der Waals surface area (Å²) in [5, 5.41) is 6.87. The van der Waals surface area contributed by atoms with Crippen LogP contribution in [0.25, 0.3) is 0 Å². The fourth-order valence-corrected chi connectivity index (χ4v) is 2.72. The van der Waals surface area contributed by atoms with Gasteiger partial charge in [-0.1, -0.05) is 48.5 Å². The van der Waals surface area contributed by atoms with Crippen LogP contribution in [0.15, 0.2) is 53.1 Å². The summed E-state index contributed by atoms with van der Waals surface area (Å²) in [6.07, 6.45) is 0.630. The fraction of sp³-hybridized carbons (Fsp3) is 0.238. The van der Waals surface area contributed by atoms with Gasteiger partial charge in [0.15, 0.2) is 0 Å². The highest BCUT2D eigenvalue weighted by Gasteiger charge is 2.20. The maximum absolute atomic E-state index is 12.7. The molecule has 3 aromatic rings. The zero-order valence-corrected chi connectivity index (χ0v) is 15.2. The molecule has 26 heavy (non-hydrogen) atoms. The Morgan fingerprint density at radius 1 is 1.15 bits per heavy atom. The van der Waals surface area contributed by atoms with E-state index < -0.39 is 0 Å². The Morgan fingerprint density at radius 2 is 1.92 bits per heavy atom. The molecule has 1 N–H and O–H groups in total. The number of rotatable bonds is 6. The van der Waals surface area contributed by atoms with Gasteiger partial charge in [-0.3, -0.25) is 4.79 Å². The van der Waals surface area contributed by atoms with E-state index in [4.69, 9.17) is 9.26 Å². The van der Waals surface area contributed by atoms with Gasteiger partial charge in [-0.25, -0.2) is 0 Å². The van der Waals surface area contributed by atoms with Crippen molar-refractivity contribution >= 4 is 11.6 Å². The quantitative estimate of drug-likeness (QED) is 0.701. The number of hydrogen-bond donors (Lipinski definition) is 1. The van der Waals surface area contributed by atoms with Crippen LogP contribution in [0.2, 0.25) is 0 Å². The third-order valence-corrected chi connectivity index (χ3v) is 4.12. The van der Waals surface area contributed by atoms with Crippen molar-refractivity contribution in [3.8, 4) is 5.75 Å². The molecule has 0 aliphatic rings. The molecule has 0 atom stereocenters. The average molecular weight is 350 g/mol. The van der Waals surface area contributed by atoms with Crippen molar-refractivity contribution in [2.24, 2.45) is 0 Å². The lowest BCUT2D eigenvalue weighted by atomic mass is 10.1. The topological polar surface area (TPSA) is 64.4 Å². The molecule has 2 aromatic carbocycles. The Hall–Kier alpha value is -3.08. The van der Waals surface area contributed by atoms with Gasteiger partial charge in [0.1, 0.15) is 23.7 Å². The highest BCUT2D eigenvalue weighted by Crippen LogP contribution is 2.28. The molecule has 0 spiro atoms. The number of anilines is 1. The molecule has 1 amide bonds. The third-order valence-electron chi connectivity index (χ3n) is 4.12. The number of nitrogens with zero attached hydrogens (tertiary/aromatic N) is 1. The van der Waals surface area contributed by atoms with Gasteiger partial charge in [-0.15, -0.1) is 0 Å². The minimum atomic E-state index is -0.242. The standard InChI is InChI=1S/C21H22N2O3/c1-4-17-20(15(3)26-23-17)21(24)22-18-11-10-14(2)12-19(18)25-13-16-8-6-5-7-9-16/h5-12H,4,13H2,1-3H3,(H,22,24). The number of nitrogens with one attached hydrogen (secondary N) is 1. The van der Waals surface area contributed by atoms with E-state index in [1.165, 1.54) is 0 Å². The molecular formula is C21H22N2O3. The zero-order chi connectivity index (χ0) is 18.5. The monoisotopic (exact) mass is 350 g/mol. The SMILES string of the molecule is CCc1noc(C)c1C(=O)Nc1ccc(C)cc1OCc1ccccc1. The van der Waals surface area contributed by atoms with E-state index in [9.17, 15) is 4.79 Å². The van der Waals surface area contributed by atoms with Crippen LogP contribution in [0, 0.1) is 13.8 Å². The molecule has 134 valence electrons. The number of aromatic nitrogens is 1. The molecular weight excluding hydrogens is 328 g/mol. The summed E-state index contributed by atoms with van der Waals surface area (Å²) in [7, 11) is 0. The predicted octanol–water partition coefficient (Wildman–Crippen LogP) is 4.69. The first-order chi connectivity index (χ1) is 12.6. The van der Waals surface area contributed by atoms with Crippen LogP contribution < -0.4 is 10.1 Å². The van der Waals surface area contributed by atoms with Crippen LogP contribution in [0.1, 0.15) is 39.9 Å². The minimum Gasteiger partial charge on any atom is -0.487 e. The smallest absolute Gasteiger partial charge is 0.261 e. The van der Waals surface area contributed by atoms with E-state index in [0.29, 0.717) is 41.5 Å². The van der Waals surface area contributed by atoms with E-state index in [-0.39, 0.29) is 5.91 Å². The van der Waals surface area contributed by atoms with Crippen LogP contribution in [-0.4, -0.2) is 11.1 Å². The lowest BCUT2D eigenvalue weighted by Gasteiger charge is -2.13.